The van der Waals surface area contributed by atoms with Crippen molar-refractivity contribution < 1.29 is 19.2 Å². The summed E-state index contributed by atoms with van der Waals surface area (Å²) in [6.07, 6.45) is 0. The molecule has 0 aromatic heterocycles. The molecule has 6 heteroatoms. The highest BCUT2D eigenvalue weighted by Crippen LogP contribution is 2.27. The minimum atomic E-state index is -0.762. The van der Waals surface area contributed by atoms with Crippen LogP contribution in [0.1, 0.15) is 27.4 Å². The number of halogens is 1. The summed E-state index contributed by atoms with van der Waals surface area (Å²) >= 11 is 0. The summed E-state index contributed by atoms with van der Waals surface area (Å²) in [6, 6.07) is 21.3. The predicted octanol–water partition coefficient (Wildman–Crippen LogP) is 3.72. The molecular formula is C21H17FN2O3. The summed E-state index contributed by atoms with van der Waals surface area (Å²) in [4.78, 5) is 24.5. The zero-order chi connectivity index (χ0) is 19.2. The van der Waals surface area contributed by atoms with Crippen molar-refractivity contribution in [2.45, 2.75) is 5.92 Å². The lowest BCUT2D eigenvalue weighted by atomic mass is 9.90. The number of hydroxylamine groups is 1. The molecule has 136 valence electrons. The zero-order valence-corrected chi connectivity index (χ0v) is 14.2. The lowest BCUT2D eigenvalue weighted by Crippen LogP contribution is -2.27. The Bertz CT molecular complexity index is 960. The molecule has 3 rings (SSSR count). The normalized spacial score (nSPS) is 11.5. The molecule has 27 heavy (non-hydrogen) atoms. The highest BCUT2D eigenvalue weighted by atomic mass is 19.1. The molecule has 0 heterocycles. The van der Waals surface area contributed by atoms with Gasteiger partial charge in [-0.2, -0.15) is 0 Å². The summed E-state index contributed by atoms with van der Waals surface area (Å²) in [6.45, 7) is 0. The number of carbonyl (C=O) groups is 2. The molecule has 3 aromatic rings. The maximum atomic E-state index is 13.8. The number of hydrogen-bond donors (Lipinski definition) is 3. The van der Waals surface area contributed by atoms with Gasteiger partial charge in [-0.3, -0.25) is 14.8 Å². The number of amides is 2. The molecule has 0 saturated heterocycles. The Hall–Kier alpha value is -3.51. The number of anilines is 1. The monoisotopic (exact) mass is 364 g/mol. The quantitative estimate of drug-likeness (QED) is 0.477. The van der Waals surface area contributed by atoms with Crippen LogP contribution in [0.2, 0.25) is 0 Å². The van der Waals surface area contributed by atoms with Gasteiger partial charge in [0, 0.05) is 5.69 Å². The highest BCUT2D eigenvalue weighted by molar-refractivity contribution is 6.04. The SMILES string of the molecule is O=C(Nc1cccc(C(C(=O)NO)c2ccccc2)c1)c1ccccc1F. The molecule has 0 aliphatic heterocycles. The Labute approximate surface area is 155 Å². The van der Waals surface area contributed by atoms with Crippen LogP contribution in [0.3, 0.4) is 0 Å². The molecule has 3 N–H and O–H groups in total. The van der Waals surface area contributed by atoms with Crippen molar-refractivity contribution in [2.75, 3.05) is 5.32 Å². The molecule has 0 saturated carbocycles. The smallest absolute Gasteiger partial charge is 0.258 e. The Morgan fingerprint density at radius 1 is 0.852 bits per heavy atom. The van der Waals surface area contributed by atoms with Gasteiger partial charge >= 0.3 is 0 Å². The minimum Gasteiger partial charge on any atom is -0.322 e. The van der Waals surface area contributed by atoms with Crippen LogP contribution < -0.4 is 10.8 Å². The van der Waals surface area contributed by atoms with Gasteiger partial charge in [-0.25, -0.2) is 9.87 Å². The molecule has 0 fully saturated rings. The minimum absolute atomic E-state index is 0.0735. The standard InChI is InChI=1S/C21H17FN2O3/c22-18-12-5-4-11-17(18)20(25)23-16-10-6-9-15(13-16)19(21(26)24-27)14-7-2-1-3-8-14/h1-13,19,27H,(H,23,25)(H,24,26). The fraction of sp³-hybridized carbons (Fsp3) is 0.0476. The van der Waals surface area contributed by atoms with Gasteiger partial charge in [0.1, 0.15) is 5.82 Å². The molecule has 3 aromatic carbocycles. The number of nitrogens with one attached hydrogen (secondary N) is 2. The number of hydrogen-bond acceptors (Lipinski definition) is 3. The number of carbonyl (C=O) groups excluding carboxylic acids is 2. The van der Waals surface area contributed by atoms with Gasteiger partial charge in [-0.15, -0.1) is 0 Å². The summed E-state index contributed by atoms with van der Waals surface area (Å²) in [5.41, 5.74) is 3.27. The number of rotatable bonds is 5. The van der Waals surface area contributed by atoms with Gasteiger partial charge in [-0.05, 0) is 35.4 Å². The molecule has 0 aliphatic carbocycles. The van der Waals surface area contributed by atoms with Crippen LogP contribution in [0.5, 0.6) is 0 Å². The lowest BCUT2D eigenvalue weighted by Gasteiger charge is -2.17. The van der Waals surface area contributed by atoms with E-state index in [-0.39, 0.29) is 5.56 Å². The first-order valence-corrected chi connectivity index (χ1v) is 8.25. The molecule has 0 spiro atoms. The third-order valence-corrected chi connectivity index (χ3v) is 4.10. The second-order valence-electron chi connectivity index (χ2n) is 5.88. The van der Waals surface area contributed by atoms with E-state index < -0.39 is 23.5 Å². The van der Waals surface area contributed by atoms with Crippen LogP contribution >= 0.6 is 0 Å². The maximum Gasteiger partial charge on any atom is 0.258 e. The van der Waals surface area contributed by atoms with Crippen LogP contribution in [0.4, 0.5) is 10.1 Å². The topological polar surface area (TPSA) is 78.4 Å². The summed E-state index contributed by atoms with van der Waals surface area (Å²) < 4.78 is 13.8. The average molecular weight is 364 g/mol. The summed E-state index contributed by atoms with van der Waals surface area (Å²) in [5, 5.41) is 11.7. The van der Waals surface area contributed by atoms with Gasteiger partial charge in [0.25, 0.3) is 11.8 Å². The lowest BCUT2D eigenvalue weighted by molar-refractivity contribution is -0.129. The van der Waals surface area contributed by atoms with Crippen molar-refractivity contribution in [1.82, 2.24) is 5.48 Å². The van der Waals surface area contributed by atoms with E-state index in [0.717, 1.165) is 0 Å². The van der Waals surface area contributed by atoms with Crippen LogP contribution in [0, 0.1) is 5.82 Å². The molecule has 1 unspecified atom stereocenters. The van der Waals surface area contributed by atoms with E-state index in [2.05, 4.69) is 5.32 Å². The fourth-order valence-corrected chi connectivity index (χ4v) is 2.85. The van der Waals surface area contributed by atoms with E-state index in [1.54, 1.807) is 60.1 Å². The summed E-state index contributed by atoms with van der Waals surface area (Å²) in [7, 11) is 0. The first-order chi connectivity index (χ1) is 13.1. The van der Waals surface area contributed by atoms with E-state index in [9.17, 15) is 14.0 Å². The Morgan fingerprint density at radius 3 is 2.22 bits per heavy atom. The van der Waals surface area contributed by atoms with Crippen LogP contribution in [0.25, 0.3) is 0 Å². The Morgan fingerprint density at radius 2 is 1.52 bits per heavy atom. The van der Waals surface area contributed by atoms with Crippen molar-refractivity contribution in [3.8, 4) is 0 Å². The molecule has 5 nitrogen and oxygen atoms in total. The first-order valence-electron chi connectivity index (χ1n) is 8.25. The maximum absolute atomic E-state index is 13.8. The third-order valence-electron chi connectivity index (χ3n) is 4.10. The third kappa shape index (κ3) is 4.19. The molecule has 0 aliphatic rings. The van der Waals surface area contributed by atoms with Gasteiger partial charge < -0.3 is 5.32 Å². The predicted molar refractivity (Wildman–Crippen MR) is 99.0 cm³/mol. The second kappa shape index (κ2) is 8.25. The van der Waals surface area contributed by atoms with Gasteiger partial charge in [0.15, 0.2) is 0 Å². The van der Waals surface area contributed by atoms with Crippen LogP contribution in [-0.4, -0.2) is 17.0 Å². The fourth-order valence-electron chi connectivity index (χ4n) is 2.85. The molecule has 2 amide bonds. The molecule has 0 radical (unpaired) electrons. The second-order valence-corrected chi connectivity index (χ2v) is 5.88. The van der Waals surface area contributed by atoms with E-state index in [0.29, 0.717) is 16.8 Å². The van der Waals surface area contributed by atoms with Crippen LogP contribution in [0.15, 0.2) is 78.9 Å². The van der Waals surface area contributed by atoms with Gasteiger partial charge in [-0.1, -0.05) is 54.6 Å². The van der Waals surface area contributed by atoms with Crippen molar-refractivity contribution in [1.29, 1.82) is 0 Å². The average Bonchev–Trinajstić information content (AvgIpc) is 2.69. The Kier molecular flexibility index (Phi) is 5.58. The molecular weight excluding hydrogens is 347 g/mol. The van der Waals surface area contributed by atoms with Gasteiger partial charge in [0.05, 0.1) is 11.5 Å². The van der Waals surface area contributed by atoms with Crippen molar-refractivity contribution in [3.63, 3.8) is 0 Å². The van der Waals surface area contributed by atoms with E-state index in [1.807, 2.05) is 6.07 Å². The largest absolute Gasteiger partial charge is 0.322 e. The van der Waals surface area contributed by atoms with E-state index >= 15 is 0 Å². The number of benzene rings is 3. The van der Waals surface area contributed by atoms with E-state index in [4.69, 9.17) is 5.21 Å². The molecule has 0 bridgehead atoms. The van der Waals surface area contributed by atoms with Crippen LogP contribution in [-0.2, 0) is 4.79 Å². The zero-order valence-electron chi connectivity index (χ0n) is 14.2. The first kappa shape index (κ1) is 18.3. The van der Waals surface area contributed by atoms with Crippen molar-refractivity contribution in [2.24, 2.45) is 0 Å². The summed E-state index contributed by atoms with van der Waals surface area (Å²) in [5.74, 6) is -2.57. The highest BCUT2D eigenvalue weighted by Gasteiger charge is 2.23. The van der Waals surface area contributed by atoms with Gasteiger partial charge in [0.2, 0.25) is 0 Å². The van der Waals surface area contributed by atoms with Crippen molar-refractivity contribution in [3.05, 3.63) is 101 Å². The molecule has 1 atom stereocenters. The van der Waals surface area contributed by atoms with Crippen molar-refractivity contribution >= 4 is 17.5 Å². The van der Waals surface area contributed by atoms with E-state index in [1.165, 1.54) is 18.2 Å². The Balaban J connectivity index is 1.91.